The van der Waals surface area contributed by atoms with Crippen molar-refractivity contribution < 1.29 is 9.53 Å². The molecule has 0 fully saturated rings. The van der Waals surface area contributed by atoms with E-state index in [4.69, 9.17) is 4.74 Å². The summed E-state index contributed by atoms with van der Waals surface area (Å²) in [6.07, 6.45) is 1.01. The van der Waals surface area contributed by atoms with Gasteiger partial charge in [-0.05, 0) is 12.1 Å². The van der Waals surface area contributed by atoms with Gasteiger partial charge < -0.3 is 10.1 Å². The molecule has 1 amide bonds. The number of aromatic nitrogens is 1. The first-order chi connectivity index (χ1) is 8.34. The third-order valence-corrected chi connectivity index (χ3v) is 2.60. The quantitative estimate of drug-likeness (QED) is 0.810. The second-order valence-electron chi connectivity index (χ2n) is 3.75. The number of ether oxygens (including phenoxy) is 1. The fourth-order valence-electron chi connectivity index (χ4n) is 1.79. The van der Waals surface area contributed by atoms with Gasteiger partial charge in [0.1, 0.15) is 0 Å². The number of carbonyl (C=O) groups is 1. The largest absolute Gasteiger partial charge is 0.472 e. The molecule has 1 atom stereocenters. The number of hydrogen-bond donors (Lipinski definition) is 1. The van der Waals surface area contributed by atoms with Gasteiger partial charge in [0.15, 0.2) is 11.6 Å². The van der Waals surface area contributed by atoms with Crippen molar-refractivity contribution in [1.29, 1.82) is 0 Å². The second kappa shape index (κ2) is 3.90. The summed E-state index contributed by atoms with van der Waals surface area (Å²) in [5.74, 6) is 0.882. The van der Waals surface area contributed by atoms with Crippen LogP contribution in [0.4, 0.5) is 5.82 Å². The molecule has 1 aromatic carbocycles. The van der Waals surface area contributed by atoms with Crippen LogP contribution in [0.5, 0.6) is 5.75 Å². The van der Waals surface area contributed by atoms with Crippen molar-refractivity contribution in [3.63, 3.8) is 0 Å². The highest BCUT2D eigenvalue weighted by molar-refractivity contribution is 5.97. The van der Waals surface area contributed by atoms with Gasteiger partial charge in [-0.25, -0.2) is 4.98 Å². The Labute approximate surface area is 98.3 Å². The topological polar surface area (TPSA) is 51.2 Å². The van der Waals surface area contributed by atoms with E-state index >= 15 is 0 Å². The van der Waals surface area contributed by atoms with Crippen LogP contribution in [0.15, 0.2) is 48.7 Å². The minimum atomic E-state index is -0.604. The van der Waals surface area contributed by atoms with E-state index in [1.165, 1.54) is 0 Å². The number of pyridine rings is 1. The zero-order valence-corrected chi connectivity index (χ0v) is 8.96. The Balaban J connectivity index is 1.98. The molecule has 3 rings (SSSR count). The highest BCUT2D eigenvalue weighted by Crippen LogP contribution is 2.32. The lowest BCUT2D eigenvalue weighted by Gasteiger charge is -2.24. The second-order valence-corrected chi connectivity index (χ2v) is 3.75. The minimum absolute atomic E-state index is 0.192. The van der Waals surface area contributed by atoms with Crippen molar-refractivity contribution in [1.82, 2.24) is 4.98 Å². The zero-order chi connectivity index (χ0) is 11.7. The van der Waals surface area contributed by atoms with Crippen molar-refractivity contribution in [2.24, 2.45) is 0 Å². The molecule has 2 aromatic rings. The summed E-state index contributed by atoms with van der Waals surface area (Å²) in [4.78, 5) is 15.9. The number of amides is 1. The van der Waals surface area contributed by atoms with Crippen molar-refractivity contribution >= 4 is 11.7 Å². The Morgan fingerprint density at radius 2 is 1.94 bits per heavy atom. The van der Waals surface area contributed by atoms with Crippen molar-refractivity contribution in [3.05, 3.63) is 54.2 Å². The van der Waals surface area contributed by atoms with Gasteiger partial charge in [-0.1, -0.05) is 30.3 Å². The summed E-state index contributed by atoms with van der Waals surface area (Å²) in [5, 5.41) is 2.73. The molecule has 1 aliphatic rings. The van der Waals surface area contributed by atoms with E-state index in [9.17, 15) is 4.79 Å². The number of carbonyl (C=O) groups excluding carboxylic acids is 1. The minimum Gasteiger partial charge on any atom is -0.472 e. The molecule has 2 heterocycles. The van der Waals surface area contributed by atoms with Gasteiger partial charge in [-0.15, -0.1) is 0 Å². The lowest BCUT2D eigenvalue weighted by molar-refractivity contribution is -0.123. The summed E-state index contributed by atoms with van der Waals surface area (Å²) < 4.78 is 5.66. The highest BCUT2D eigenvalue weighted by atomic mass is 16.5. The van der Waals surface area contributed by atoms with Crippen LogP contribution >= 0.6 is 0 Å². The van der Waals surface area contributed by atoms with Crippen LogP contribution in [0.2, 0.25) is 0 Å². The number of rotatable bonds is 1. The molecule has 0 bridgehead atoms. The fourth-order valence-corrected chi connectivity index (χ4v) is 1.79. The van der Waals surface area contributed by atoms with E-state index in [1.807, 2.05) is 30.3 Å². The van der Waals surface area contributed by atoms with Crippen LogP contribution < -0.4 is 10.1 Å². The number of fused-ring (bicyclic) bond motifs is 1. The monoisotopic (exact) mass is 226 g/mol. The molecule has 0 saturated carbocycles. The maximum atomic E-state index is 11.9. The van der Waals surface area contributed by atoms with Crippen molar-refractivity contribution in [2.75, 3.05) is 5.32 Å². The van der Waals surface area contributed by atoms with Crippen LogP contribution in [0.3, 0.4) is 0 Å². The van der Waals surface area contributed by atoms with Gasteiger partial charge in [-0.2, -0.15) is 0 Å². The number of benzene rings is 1. The van der Waals surface area contributed by atoms with Crippen LogP contribution in [-0.2, 0) is 4.79 Å². The number of anilines is 1. The SMILES string of the molecule is O=C1Nc2ncccc2O[C@H]1c1ccccc1. The van der Waals surface area contributed by atoms with Gasteiger partial charge in [0.05, 0.1) is 0 Å². The van der Waals surface area contributed by atoms with Gasteiger partial charge in [0, 0.05) is 11.8 Å². The van der Waals surface area contributed by atoms with E-state index in [1.54, 1.807) is 18.3 Å². The molecule has 1 aromatic heterocycles. The van der Waals surface area contributed by atoms with Gasteiger partial charge in [0.25, 0.3) is 5.91 Å². The molecule has 84 valence electrons. The molecular formula is C13H10N2O2. The normalized spacial score (nSPS) is 17.9. The van der Waals surface area contributed by atoms with Gasteiger partial charge >= 0.3 is 0 Å². The fraction of sp³-hybridized carbons (Fsp3) is 0.0769. The Hall–Kier alpha value is -2.36. The molecule has 0 radical (unpaired) electrons. The average Bonchev–Trinajstić information content (AvgIpc) is 2.39. The van der Waals surface area contributed by atoms with Crippen LogP contribution in [0.1, 0.15) is 11.7 Å². The third-order valence-electron chi connectivity index (χ3n) is 2.60. The predicted molar refractivity (Wildman–Crippen MR) is 62.7 cm³/mol. The summed E-state index contributed by atoms with van der Waals surface area (Å²) >= 11 is 0. The summed E-state index contributed by atoms with van der Waals surface area (Å²) in [6.45, 7) is 0. The Kier molecular flexibility index (Phi) is 2.26. The molecule has 4 nitrogen and oxygen atoms in total. The first-order valence-electron chi connectivity index (χ1n) is 5.32. The standard InChI is InChI=1S/C13H10N2O2/c16-13-11(9-5-2-1-3-6-9)17-10-7-4-8-14-12(10)15-13/h1-8,11H,(H,14,15,16)/t11-/m0/s1. The summed E-state index contributed by atoms with van der Waals surface area (Å²) in [7, 11) is 0. The van der Waals surface area contributed by atoms with Gasteiger partial charge in [-0.3, -0.25) is 4.79 Å². The molecule has 1 N–H and O–H groups in total. The first kappa shape index (κ1) is 9.84. The van der Waals surface area contributed by atoms with E-state index in [-0.39, 0.29) is 5.91 Å². The molecule has 17 heavy (non-hydrogen) atoms. The maximum absolute atomic E-state index is 11.9. The lowest BCUT2D eigenvalue weighted by Crippen LogP contribution is -2.30. The van der Waals surface area contributed by atoms with E-state index in [0.717, 1.165) is 5.56 Å². The maximum Gasteiger partial charge on any atom is 0.271 e. The third kappa shape index (κ3) is 1.73. The van der Waals surface area contributed by atoms with E-state index < -0.39 is 6.10 Å². The first-order valence-corrected chi connectivity index (χ1v) is 5.32. The summed E-state index contributed by atoms with van der Waals surface area (Å²) in [5.41, 5.74) is 0.833. The van der Waals surface area contributed by atoms with Crippen LogP contribution in [-0.4, -0.2) is 10.9 Å². The molecule has 1 aliphatic heterocycles. The molecule has 0 aliphatic carbocycles. The molecule has 0 unspecified atom stereocenters. The predicted octanol–water partition coefficient (Wildman–Crippen LogP) is 2.15. The Morgan fingerprint density at radius 1 is 1.12 bits per heavy atom. The van der Waals surface area contributed by atoms with Crippen LogP contribution in [0, 0.1) is 0 Å². The Morgan fingerprint density at radius 3 is 2.76 bits per heavy atom. The zero-order valence-electron chi connectivity index (χ0n) is 8.96. The molecular weight excluding hydrogens is 216 g/mol. The van der Waals surface area contributed by atoms with Crippen LogP contribution in [0.25, 0.3) is 0 Å². The smallest absolute Gasteiger partial charge is 0.271 e. The number of nitrogens with zero attached hydrogens (tertiary/aromatic N) is 1. The van der Waals surface area contributed by atoms with E-state index in [0.29, 0.717) is 11.6 Å². The molecule has 4 heteroatoms. The average molecular weight is 226 g/mol. The highest BCUT2D eigenvalue weighted by Gasteiger charge is 2.29. The van der Waals surface area contributed by atoms with E-state index in [2.05, 4.69) is 10.3 Å². The van der Waals surface area contributed by atoms with Gasteiger partial charge in [0.2, 0.25) is 6.10 Å². The lowest BCUT2D eigenvalue weighted by atomic mass is 10.1. The number of nitrogens with one attached hydrogen (secondary N) is 1. The van der Waals surface area contributed by atoms with Crippen molar-refractivity contribution in [3.8, 4) is 5.75 Å². The summed E-state index contributed by atoms with van der Waals surface area (Å²) in [6, 6.07) is 13.0. The number of hydrogen-bond acceptors (Lipinski definition) is 3. The van der Waals surface area contributed by atoms with Crippen molar-refractivity contribution in [2.45, 2.75) is 6.10 Å². The molecule has 0 saturated heterocycles. The Bertz CT molecular complexity index is 554. The molecule has 0 spiro atoms.